The number of imidazole rings is 1. The van der Waals surface area contributed by atoms with Crippen LogP contribution in [0.25, 0.3) is 11.0 Å². The number of fused-ring (bicyclic) bond motifs is 1. The molecule has 0 aliphatic carbocycles. The molecule has 0 saturated heterocycles. The molecule has 1 atom stereocenters. The predicted octanol–water partition coefficient (Wildman–Crippen LogP) is 1.12. The number of aryl methyl sites for hydroxylation is 1. The highest BCUT2D eigenvalue weighted by Gasteiger charge is 2.12. The van der Waals surface area contributed by atoms with Crippen molar-refractivity contribution in [2.75, 3.05) is 6.54 Å². The minimum absolute atomic E-state index is 0.216. The van der Waals surface area contributed by atoms with Crippen LogP contribution < -0.4 is 5.73 Å². The highest BCUT2D eigenvalue weighted by Crippen LogP contribution is 2.22. The number of aliphatic hydroxyl groups is 1. The topological polar surface area (TPSA) is 74.9 Å². The van der Waals surface area contributed by atoms with E-state index in [9.17, 15) is 5.11 Å². The molecule has 4 nitrogen and oxygen atoms in total. The second kappa shape index (κ2) is 4.00. The molecule has 0 fully saturated rings. The molecule has 1 aromatic carbocycles. The van der Waals surface area contributed by atoms with Crippen LogP contribution in [0.5, 0.6) is 0 Å². The molecular weight excluding hydrogens is 190 g/mol. The van der Waals surface area contributed by atoms with Crippen molar-refractivity contribution in [3.63, 3.8) is 0 Å². The average molecular weight is 205 g/mol. The molecule has 1 unspecified atom stereocenters. The minimum atomic E-state index is -0.637. The number of nitrogens with zero attached hydrogens (tertiary/aromatic N) is 1. The molecule has 80 valence electrons. The molecule has 0 radical (unpaired) electrons. The number of benzene rings is 1. The van der Waals surface area contributed by atoms with Crippen LogP contribution in [0.4, 0.5) is 0 Å². The average Bonchev–Trinajstić information content (AvgIpc) is 2.70. The van der Waals surface area contributed by atoms with Crippen LogP contribution in [0.15, 0.2) is 18.2 Å². The van der Waals surface area contributed by atoms with Gasteiger partial charge in [0.25, 0.3) is 0 Å². The van der Waals surface area contributed by atoms with Gasteiger partial charge >= 0.3 is 0 Å². The van der Waals surface area contributed by atoms with Crippen LogP contribution >= 0.6 is 0 Å². The molecule has 0 aliphatic rings. The van der Waals surface area contributed by atoms with Crippen molar-refractivity contribution in [1.82, 2.24) is 9.97 Å². The van der Waals surface area contributed by atoms with E-state index in [-0.39, 0.29) is 6.54 Å². The van der Waals surface area contributed by atoms with Gasteiger partial charge < -0.3 is 15.8 Å². The number of hydrogen-bond donors (Lipinski definition) is 3. The Kier molecular flexibility index (Phi) is 2.70. The van der Waals surface area contributed by atoms with Crippen LogP contribution in [0.1, 0.15) is 24.4 Å². The van der Waals surface area contributed by atoms with Crippen molar-refractivity contribution < 1.29 is 5.11 Å². The zero-order valence-corrected chi connectivity index (χ0v) is 8.70. The molecule has 4 heteroatoms. The molecule has 1 aromatic heterocycles. The molecule has 0 amide bonds. The molecule has 0 spiro atoms. The monoisotopic (exact) mass is 205 g/mol. The summed E-state index contributed by atoms with van der Waals surface area (Å²) in [6, 6.07) is 5.71. The lowest BCUT2D eigenvalue weighted by molar-refractivity contribution is 0.188. The Hall–Kier alpha value is -1.39. The van der Waals surface area contributed by atoms with Crippen LogP contribution in [-0.2, 0) is 6.42 Å². The highest BCUT2D eigenvalue weighted by molar-refractivity contribution is 5.79. The summed E-state index contributed by atoms with van der Waals surface area (Å²) in [5.74, 6) is 0.932. The maximum atomic E-state index is 9.73. The number of nitrogens with two attached hydrogens (primary N) is 1. The Bertz CT molecular complexity index is 464. The Balaban J connectivity index is 2.59. The summed E-state index contributed by atoms with van der Waals surface area (Å²) in [7, 11) is 0. The first kappa shape index (κ1) is 10.1. The van der Waals surface area contributed by atoms with Crippen molar-refractivity contribution in [3.8, 4) is 0 Å². The van der Waals surface area contributed by atoms with Gasteiger partial charge in [-0.3, -0.25) is 0 Å². The van der Waals surface area contributed by atoms with Crippen molar-refractivity contribution in [2.45, 2.75) is 19.4 Å². The summed E-state index contributed by atoms with van der Waals surface area (Å²) in [5.41, 5.74) is 8.03. The second-order valence-electron chi connectivity index (χ2n) is 3.53. The number of H-pyrrole nitrogens is 1. The van der Waals surface area contributed by atoms with Gasteiger partial charge in [0, 0.05) is 18.5 Å². The van der Waals surface area contributed by atoms with E-state index in [1.54, 1.807) is 0 Å². The van der Waals surface area contributed by atoms with E-state index in [1.165, 1.54) is 0 Å². The fraction of sp³-hybridized carbons (Fsp3) is 0.364. The van der Waals surface area contributed by atoms with Gasteiger partial charge in [0.15, 0.2) is 0 Å². The smallest absolute Gasteiger partial charge is 0.106 e. The Morgan fingerprint density at radius 2 is 2.33 bits per heavy atom. The number of aromatic nitrogens is 2. The van der Waals surface area contributed by atoms with Gasteiger partial charge in [0.05, 0.1) is 17.1 Å². The van der Waals surface area contributed by atoms with E-state index in [2.05, 4.69) is 9.97 Å². The molecule has 0 aliphatic heterocycles. The number of nitrogens with one attached hydrogen (secondary N) is 1. The molecule has 2 aromatic rings. The van der Waals surface area contributed by atoms with Crippen molar-refractivity contribution >= 4 is 11.0 Å². The maximum Gasteiger partial charge on any atom is 0.106 e. The first-order valence-electron chi connectivity index (χ1n) is 5.12. The molecule has 2 rings (SSSR count). The summed E-state index contributed by atoms with van der Waals surface area (Å²) >= 11 is 0. The first-order valence-corrected chi connectivity index (χ1v) is 5.12. The number of rotatable bonds is 3. The SMILES string of the molecule is CCc1nc2c(C(O)CN)cccc2[nH]1. The van der Waals surface area contributed by atoms with Crippen LogP contribution in [-0.4, -0.2) is 21.6 Å². The number of aromatic amines is 1. The molecule has 15 heavy (non-hydrogen) atoms. The summed E-state index contributed by atoms with van der Waals surface area (Å²) in [5, 5.41) is 9.73. The number of para-hydroxylation sites is 1. The van der Waals surface area contributed by atoms with Gasteiger partial charge in [0.1, 0.15) is 5.82 Å². The normalized spacial score (nSPS) is 13.3. The van der Waals surface area contributed by atoms with Crippen LogP contribution in [0.2, 0.25) is 0 Å². The summed E-state index contributed by atoms with van der Waals surface area (Å²) < 4.78 is 0. The molecular formula is C11H15N3O. The van der Waals surface area contributed by atoms with Gasteiger partial charge in [-0.2, -0.15) is 0 Å². The Morgan fingerprint density at radius 3 is 3.00 bits per heavy atom. The first-order chi connectivity index (χ1) is 7.26. The zero-order chi connectivity index (χ0) is 10.8. The van der Waals surface area contributed by atoms with E-state index >= 15 is 0 Å². The quantitative estimate of drug-likeness (QED) is 0.702. The van der Waals surface area contributed by atoms with E-state index in [4.69, 9.17) is 5.73 Å². The van der Waals surface area contributed by atoms with Gasteiger partial charge in [-0.1, -0.05) is 19.1 Å². The highest BCUT2D eigenvalue weighted by atomic mass is 16.3. The third kappa shape index (κ3) is 1.73. The van der Waals surface area contributed by atoms with Gasteiger partial charge in [-0.15, -0.1) is 0 Å². The second-order valence-corrected chi connectivity index (χ2v) is 3.53. The largest absolute Gasteiger partial charge is 0.387 e. The fourth-order valence-corrected chi connectivity index (χ4v) is 1.67. The van der Waals surface area contributed by atoms with Crippen molar-refractivity contribution in [3.05, 3.63) is 29.6 Å². The van der Waals surface area contributed by atoms with Crippen LogP contribution in [0.3, 0.4) is 0 Å². The van der Waals surface area contributed by atoms with Gasteiger partial charge in [-0.25, -0.2) is 4.98 Å². The fourth-order valence-electron chi connectivity index (χ4n) is 1.67. The molecule has 0 bridgehead atoms. The molecule has 4 N–H and O–H groups in total. The van der Waals surface area contributed by atoms with Gasteiger partial charge in [-0.05, 0) is 6.07 Å². The third-order valence-corrected chi connectivity index (χ3v) is 2.51. The lowest BCUT2D eigenvalue weighted by Crippen LogP contribution is -2.11. The van der Waals surface area contributed by atoms with E-state index < -0.39 is 6.10 Å². The summed E-state index contributed by atoms with van der Waals surface area (Å²) in [4.78, 5) is 7.63. The molecule has 0 saturated carbocycles. The van der Waals surface area contributed by atoms with Crippen molar-refractivity contribution in [1.29, 1.82) is 0 Å². The third-order valence-electron chi connectivity index (χ3n) is 2.51. The Morgan fingerprint density at radius 1 is 1.53 bits per heavy atom. The summed E-state index contributed by atoms with van der Waals surface area (Å²) in [6.07, 6.45) is 0.217. The minimum Gasteiger partial charge on any atom is -0.387 e. The maximum absolute atomic E-state index is 9.73. The lowest BCUT2D eigenvalue weighted by Gasteiger charge is -2.07. The summed E-state index contributed by atoms with van der Waals surface area (Å²) in [6.45, 7) is 2.25. The van der Waals surface area contributed by atoms with Crippen LogP contribution in [0, 0.1) is 0 Å². The Labute approximate surface area is 88.1 Å². The zero-order valence-electron chi connectivity index (χ0n) is 8.70. The predicted molar refractivity (Wildman–Crippen MR) is 59.5 cm³/mol. The number of aliphatic hydroxyl groups excluding tert-OH is 1. The standard InChI is InChI=1S/C11H15N3O/c1-2-10-13-8-5-3-4-7(9(15)6-12)11(8)14-10/h3-5,9,15H,2,6,12H2,1H3,(H,13,14). The van der Waals surface area contributed by atoms with E-state index in [0.717, 1.165) is 28.8 Å². The van der Waals surface area contributed by atoms with Gasteiger partial charge in [0.2, 0.25) is 0 Å². The van der Waals surface area contributed by atoms with E-state index in [0.29, 0.717) is 0 Å². The van der Waals surface area contributed by atoms with E-state index in [1.807, 2.05) is 25.1 Å². The molecule has 1 heterocycles. The lowest BCUT2D eigenvalue weighted by atomic mass is 10.1. The number of hydrogen-bond acceptors (Lipinski definition) is 3. The van der Waals surface area contributed by atoms with Crippen molar-refractivity contribution in [2.24, 2.45) is 5.73 Å².